The predicted molar refractivity (Wildman–Crippen MR) is 99.8 cm³/mol. The van der Waals surface area contributed by atoms with Crippen molar-refractivity contribution in [3.8, 4) is 0 Å². The summed E-state index contributed by atoms with van der Waals surface area (Å²) in [6.45, 7) is 4.15. The molecule has 2 aromatic rings. The van der Waals surface area contributed by atoms with E-state index in [1.807, 2.05) is 18.2 Å². The lowest BCUT2D eigenvalue weighted by molar-refractivity contribution is 0.587. The average molecular weight is 346 g/mol. The molecule has 0 fully saturated rings. The maximum atomic E-state index is 13.6. The molecular weight excluding hydrogens is 327 g/mol. The number of anilines is 1. The molecule has 2 nitrogen and oxygen atoms in total. The molecule has 120 valence electrons. The highest BCUT2D eigenvalue weighted by Gasteiger charge is 2.22. The number of rotatable bonds is 2. The molecular formula is C18H19FN2S2. The fourth-order valence-corrected chi connectivity index (χ4v) is 4.08. The first-order valence-corrected chi connectivity index (χ1v) is 9.00. The number of thioether (sulfide) groups is 1. The summed E-state index contributed by atoms with van der Waals surface area (Å²) in [6.07, 6.45) is 0.926. The molecule has 3 rings (SSSR count). The number of hydrogen-bond donors (Lipinski definition) is 2. The molecule has 2 N–H and O–H groups in total. The predicted octanol–water partition coefficient (Wildman–Crippen LogP) is 4.97. The van der Waals surface area contributed by atoms with Crippen LogP contribution in [0.15, 0.2) is 41.3 Å². The van der Waals surface area contributed by atoms with Crippen molar-refractivity contribution >= 4 is 34.8 Å². The lowest BCUT2D eigenvalue weighted by Crippen LogP contribution is -2.34. The normalized spacial score (nSPS) is 16.6. The number of aryl methyl sites for hydroxylation is 1. The Hall–Kier alpha value is -1.59. The smallest absolute Gasteiger partial charge is 0.171 e. The number of halogens is 1. The van der Waals surface area contributed by atoms with Gasteiger partial charge in [-0.15, -0.1) is 11.8 Å². The molecule has 1 heterocycles. The second-order valence-corrected chi connectivity index (χ2v) is 7.26. The van der Waals surface area contributed by atoms with Gasteiger partial charge in [0.1, 0.15) is 5.82 Å². The van der Waals surface area contributed by atoms with Gasteiger partial charge in [-0.3, -0.25) is 0 Å². The van der Waals surface area contributed by atoms with Crippen LogP contribution in [0.1, 0.15) is 29.2 Å². The van der Waals surface area contributed by atoms with Crippen LogP contribution in [0.3, 0.4) is 0 Å². The monoisotopic (exact) mass is 346 g/mol. The molecule has 0 aromatic heterocycles. The topological polar surface area (TPSA) is 24.1 Å². The Kier molecular flexibility index (Phi) is 4.87. The molecule has 0 spiro atoms. The van der Waals surface area contributed by atoms with E-state index in [1.165, 1.54) is 17.2 Å². The van der Waals surface area contributed by atoms with E-state index in [4.69, 9.17) is 12.2 Å². The SMILES string of the molecule is Cc1cccc(NC(=S)N[C@@H]2CCSc3ccc(F)cc32)c1C. The van der Waals surface area contributed by atoms with Crippen LogP contribution >= 0.6 is 24.0 Å². The summed E-state index contributed by atoms with van der Waals surface area (Å²) >= 11 is 7.23. The summed E-state index contributed by atoms with van der Waals surface area (Å²) in [6, 6.07) is 11.1. The van der Waals surface area contributed by atoms with E-state index in [1.54, 1.807) is 17.8 Å². The summed E-state index contributed by atoms with van der Waals surface area (Å²) in [5.74, 6) is 0.800. The second-order valence-electron chi connectivity index (χ2n) is 5.72. The van der Waals surface area contributed by atoms with Crippen LogP contribution in [-0.4, -0.2) is 10.9 Å². The molecule has 2 aromatic carbocycles. The average Bonchev–Trinajstić information content (AvgIpc) is 2.52. The van der Waals surface area contributed by atoms with E-state index >= 15 is 0 Å². The van der Waals surface area contributed by atoms with Crippen LogP contribution in [0.2, 0.25) is 0 Å². The van der Waals surface area contributed by atoms with Crippen LogP contribution in [-0.2, 0) is 0 Å². The Bertz CT molecular complexity index is 746. The van der Waals surface area contributed by atoms with Gasteiger partial charge in [-0.2, -0.15) is 0 Å². The third kappa shape index (κ3) is 3.67. The van der Waals surface area contributed by atoms with Crippen molar-refractivity contribution in [1.82, 2.24) is 5.32 Å². The minimum atomic E-state index is -0.202. The van der Waals surface area contributed by atoms with Crippen molar-refractivity contribution in [2.24, 2.45) is 0 Å². The minimum Gasteiger partial charge on any atom is -0.356 e. The molecule has 0 saturated heterocycles. The Morgan fingerprint density at radius 1 is 1.26 bits per heavy atom. The molecule has 0 bridgehead atoms. The summed E-state index contributed by atoms with van der Waals surface area (Å²) < 4.78 is 13.6. The Balaban J connectivity index is 1.74. The highest BCUT2D eigenvalue weighted by Crippen LogP contribution is 2.36. The van der Waals surface area contributed by atoms with Crippen molar-refractivity contribution in [1.29, 1.82) is 0 Å². The van der Waals surface area contributed by atoms with Crippen LogP contribution in [0.25, 0.3) is 0 Å². The van der Waals surface area contributed by atoms with Crippen molar-refractivity contribution in [3.63, 3.8) is 0 Å². The fourth-order valence-electron chi connectivity index (χ4n) is 2.72. The summed E-state index contributed by atoms with van der Waals surface area (Å²) in [4.78, 5) is 1.13. The zero-order valence-corrected chi connectivity index (χ0v) is 14.8. The standard InChI is InChI=1S/C18H19FN2S2/c1-11-4-3-5-15(12(11)2)20-18(22)21-16-8-9-23-17-7-6-13(19)10-14(16)17/h3-7,10,16H,8-9H2,1-2H3,(H2,20,21,22)/t16-/m1/s1. The number of benzene rings is 2. The van der Waals surface area contributed by atoms with E-state index in [9.17, 15) is 4.39 Å². The minimum absolute atomic E-state index is 0.0482. The van der Waals surface area contributed by atoms with Gasteiger partial charge in [-0.25, -0.2) is 4.39 Å². The third-order valence-electron chi connectivity index (χ3n) is 4.17. The Morgan fingerprint density at radius 2 is 2.09 bits per heavy atom. The van der Waals surface area contributed by atoms with Gasteiger partial charge in [0.15, 0.2) is 5.11 Å². The first kappa shape index (κ1) is 16.3. The molecule has 0 unspecified atom stereocenters. The van der Waals surface area contributed by atoms with Gasteiger partial charge >= 0.3 is 0 Å². The van der Waals surface area contributed by atoms with Gasteiger partial charge in [0.2, 0.25) is 0 Å². The summed E-state index contributed by atoms with van der Waals surface area (Å²) in [7, 11) is 0. The van der Waals surface area contributed by atoms with Gasteiger partial charge in [-0.1, -0.05) is 12.1 Å². The van der Waals surface area contributed by atoms with E-state index < -0.39 is 0 Å². The molecule has 0 radical (unpaired) electrons. The lowest BCUT2D eigenvalue weighted by Gasteiger charge is -2.27. The lowest BCUT2D eigenvalue weighted by atomic mass is 10.0. The number of fused-ring (bicyclic) bond motifs is 1. The van der Waals surface area contributed by atoms with Gasteiger partial charge < -0.3 is 10.6 Å². The van der Waals surface area contributed by atoms with Crippen molar-refractivity contribution < 1.29 is 4.39 Å². The molecule has 0 amide bonds. The quantitative estimate of drug-likeness (QED) is 0.750. The Labute approximate surface area is 145 Å². The third-order valence-corrected chi connectivity index (χ3v) is 5.51. The molecule has 1 aliphatic heterocycles. The van der Waals surface area contributed by atoms with Crippen molar-refractivity contribution in [3.05, 3.63) is 58.9 Å². The first-order chi connectivity index (χ1) is 11.0. The van der Waals surface area contributed by atoms with Crippen LogP contribution in [0, 0.1) is 19.7 Å². The number of hydrogen-bond acceptors (Lipinski definition) is 2. The zero-order valence-electron chi connectivity index (χ0n) is 13.2. The first-order valence-electron chi connectivity index (χ1n) is 7.60. The highest BCUT2D eigenvalue weighted by molar-refractivity contribution is 7.99. The maximum absolute atomic E-state index is 13.6. The van der Waals surface area contributed by atoms with E-state index in [0.29, 0.717) is 5.11 Å². The largest absolute Gasteiger partial charge is 0.356 e. The molecule has 1 atom stereocenters. The van der Waals surface area contributed by atoms with Crippen LogP contribution in [0.5, 0.6) is 0 Å². The summed E-state index contributed by atoms with van der Waals surface area (Å²) in [5.41, 5.74) is 4.40. The number of thiocarbonyl (C=S) groups is 1. The van der Waals surface area contributed by atoms with Gasteiger partial charge in [-0.05, 0) is 73.4 Å². The molecule has 0 saturated carbocycles. The van der Waals surface area contributed by atoms with Gasteiger partial charge in [0.25, 0.3) is 0 Å². The van der Waals surface area contributed by atoms with E-state index in [-0.39, 0.29) is 11.9 Å². The van der Waals surface area contributed by atoms with E-state index in [0.717, 1.165) is 28.3 Å². The maximum Gasteiger partial charge on any atom is 0.171 e. The molecule has 5 heteroatoms. The van der Waals surface area contributed by atoms with Crippen molar-refractivity contribution in [2.45, 2.75) is 31.2 Å². The number of nitrogens with one attached hydrogen (secondary N) is 2. The van der Waals surface area contributed by atoms with Gasteiger partial charge in [0, 0.05) is 16.3 Å². The van der Waals surface area contributed by atoms with E-state index in [2.05, 4.69) is 30.5 Å². The second kappa shape index (κ2) is 6.89. The molecule has 1 aliphatic rings. The summed E-state index contributed by atoms with van der Waals surface area (Å²) in [5, 5.41) is 7.18. The molecule has 0 aliphatic carbocycles. The molecule has 23 heavy (non-hydrogen) atoms. The zero-order chi connectivity index (χ0) is 16.4. The fraction of sp³-hybridized carbons (Fsp3) is 0.278. The van der Waals surface area contributed by atoms with Crippen LogP contribution < -0.4 is 10.6 Å². The highest BCUT2D eigenvalue weighted by atomic mass is 32.2. The van der Waals surface area contributed by atoms with Crippen molar-refractivity contribution in [2.75, 3.05) is 11.1 Å². The van der Waals surface area contributed by atoms with Crippen LogP contribution in [0.4, 0.5) is 10.1 Å². The van der Waals surface area contributed by atoms with Gasteiger partial charge in [0.05, 0.1) is 6.04 Å². The Morgan fingerprint density at radius 3 is 2.91 bits per heavy atom.